The van der Waals surface area contributed by atoms with Gasteiger partial charge in [0.15, 0.2) is 0 Å². The molecule has 0 spiro atoms. The molecule has 0 aliphatic rings. The molecule has 19 heavy (non-hydrogen) atoms. The zero-order valence-electron chi connectivity index (χ0n) is 10.2. The van der Waals surface area contributed by atoms with Gasteiger partial charge in [-0.2, -0.15) is 0 Å². The molecule has 6 heteroatoms. The minimum atomic E-state index is -0.156. The lowest BCUT2D eigenvalue weighted by atomic mass is 10.2. The lowest BCUT2D eigenvalue weighted by molar-refractivity contribution is 0.408. The second-order valence-electron chi connectivity index (χ2n) is 4.01. The number of nitrogens with two attached hydrogens (primary N) is 1. The molecule has 0 bridgehead atoms. The Morgan fingerprint density at radius 1 is 1.42 bits per heavy atom. The number of rotatable bonds is 3. The molecule has 100 valence electrons. The average Bonchev–Trinajstić information content (AvgIpc) is 2.35. The molecule has 0 amide bonds. The summed E-state index contributed by atoms with van der Waals surface area (Å²) in [6.45, 7) is 0.339. The third kappa shape index (κ3) is 3.11. The fourth-order valence-corrected chi connectivity index (χ4v) is 2.48. The van der Waals surface area contributed by atoms with Gasteiger partial charge in [-0.25, -0.2) is 0 Å². The summed E-state index contributed by atoms with van der Waals surface area (Å²) in [6, 6.07) is 6.85. The molecular weight excluding hydrogens is 332 g/mol. The number of halogens is 2. The molecule has 2 rings (SSSR count). The normalized spacial score (nSPS) is 10.5. The predicted molar refractivity (Wildman–Crippen MR) is 79.9 cm³/mol. The first-order chi connectivity index (χ1) is 9.01. The summed E-state index contributed by atoms with van der Waals surface area (Å²) >= 11 is 9.16. The topological polar surface area (TPSA) is 57.2 Å². The van der Waals surface area contributed by atoms with Gasteiger partial charge in [0.2, 0.25) is 0 Å². The maximum absolute atomic E-state index is 12.0. The summed E-state index contributed by atoms with van der Waals surface area (Å²) in [6.07, 6.45) is 1.59. The number of pyridine rings is 1. The highest BCUT2D eigenvalue weighted by atomic mass is 79.9. The number of benzene rings is 1. The van der Waals surface area contributed by atoms with Crippen molar-refractivity contribution in [3.05, 3.63) is 55.9 Å². The van der Waals surface area contributed by atoms with Crippen LogP contribution in [0.2, 0.25) is 5.02 Å². The van der Waals surface area contributed by atoms with E-state index >= 15 is 0 Å². The Balaban J connectivity index is 2.47. The van der Waals surface area contributed by atoms with Gasteiger partial charge in [0, 0.05) is 22.5 Å². The summed E-state index contributed by atoms with van der Waals surface area (Å²) in [5.74, 6) is 0.676. The molecule has 1 aromatic carbocycles. The van der Waals surface area contributed by atoms with Gasteiger partial charge >= 0.3 is 0 Å². The Kier molecular flexibility index (Phi) is 4.17. The average molecular weight is 344 g/mol. The van der Waals surface area contributed by atoms with Gasteiger partial charge in [-0.1, -0.05) is 11.6 Å². The van der Waals surface area contributed by atoms with Gasteiger partial charge in [-0.3, -0.25) is 4.79 Å². The van der Waals surface area contributed by atoms with E-state index in [0.29, 0.717) is 27.5 Å². The molecule has 0 aliphatic heterocycles. The van der Waals surface area contributed by atoms with Gasteiger partial charge < -0.3 is 15.0 Å². The highest BCUT2D eigenvalue weighted by Gasteiger charge is 2.08. The van der Waals surface area contributed by atoms with E-state index in [1.807, 2.05) is 0 Å². The third-order valence-electron chi connectivity index (χ3n) is 2.65. The first-order valence-electron chi connectivity index (χ1n) is 5.49. The van der Waals surface area contributed by atoms with Crippen molar-refractivity contribution in [2.24, 2.45) is 0 Å². The Bertz CT molecular complexity index is 670. The van der Waals surface area contributed by atoms with Crippen molar-refractivity contribution in [2.75, 3.05) is 12.8 Å². The van der Waals surface area contributed by atoms with Crippen molar-refractivity contribution in [3.63, 3.8) is 0 Å². The molecule has 0 atom stereocenters. The molecule has 4 nitrogen and oxygen atoms in total. The molecule has 1 heterocycles. The van der Waals surface area contributed by atoms with Crippen molar-refractivity contribution in [1.82, 2.24) is 4.57 Å². The molecule has 0 saturated heterocycles. The minimum Gasteiger partial charge on any atom is -0.496 e. The zero-order valence-corrected chi connectivity index (χ0v) is 12.5. The molecule has 2 aromatic rings. The summed E-state index contributed by atoms with van der Waals surface area (Å²) < 4.78 is 7.19. The molecular formula is C13H12BrClN2O2. The molecule has 1 aromatic heterocycles. The smallest absolute Gasteiger partial charge is 0.265 e. The highest BCUT2D eigenvalue weighted by molar-refractivity contribution is 9.10. The standard InChI is InChI=1S/C13H12BrClN2O2/c1-19-12-3-2-9(15)4-8(12)6-17-7-10(16)5-11(14)13(17)18/h2-5,7H,6,16H2,1H3. The van der Waals surface area contributed by atoms with E-state index in [0.717, 1.165) is 5.56 Å². The Morgan fingerprint density at radius 3 is 2.84 bits per heavy atom. The number of methoxy groups -OCH3 is 1. The second kappa shape index (κ2) is 5.67. The van der Waals surface area contributed by atoms with Crippen molar-refractivity contribution in [3.8, 4) is 5.75 Å². The van der Waals surface area contributed by atoms with Crippen LogP contribution in [0.1, 0.15) is 5.56 Å². The van der Waals surface area contributed by atoms with Crippen LogP contribution in [-0.2, 0) is 6.54 Å². The summed E-state index contributed by atoms with van der Waals surface area (Å²) in [7, 11) is 1.57. The SMILES string of the molecule is COc1ccc(Cl)cc1Cn1cc(N)cc(Br)c1=O. The van der Waals surface area contributed by atoms with E-state index < -0.39 is 0 Å². The van der Waals surface area contributed by atoms with Gasteiger partial charge in [0.1, 0.15) is 5.75 Å². The minimum absolute atomic E-state index is 0.156. The number of hydrogen-bond acceptors (Lipinski definition) is 3. The summed E-state index contributed by atoms with van der Waals surface area (Å²) in [4.78, 5) is 12.0. The van der Waals surface area contributed by atoms with Gasteiger partial charge in [0.05, 0.1) is 18.1 Å². The van der Waals surface area contributed by atoms with Crippen LogP contribution >= 0.6 is 27.5 Å². The Hall–Kier alpha value is -1.46. The number of aromatic nitrogens is 1. The van der Waals surface area contributed by atoms with Crippen molar-refractivity contribution < 1.29 is 4.74 Å². The fraction of sp³-hybridized carbons (Fsp3) is 0.154. The molecule has 0 saturated carbocycles. The Labute approximate surface area is 123 Å². The van der Waals surface area contributed by atoms with Crippen LogP contribution in [0.25, 0.3) is 0 Å². The number of ether oxygens (including phenoxy) is 1. The van der Waals surface area contributed by atoms with Crippen LogP contribution in [0.15, 0.2) is 39.7 Å². The van der Waals surface area contributed by atoms with Crippen molar-refractivity contribution in [1.29, 1.82) is 0 Å². The van der Waals surface area contributed by atoms with E-state index in [9.17, 15) is 4.79 Å². The maximum atomic E-state index is 12.0. The quantitative estimate of drug-likeness (QED) is 0.932. The molecule has 0 radical (unpaired) electrons. The predicted octanol–water partition coefficient (Wildman–Crippen LogP) is 2.90. The van der Waals surface area contributed by atoms with Crippen LogP contribution in [0, 0.1) is 0 Å². The van der Waals surface area contributed by atoms with E-state index in [4.69, 9.17) is 22.1 Å². The molecule has 0 aliphatic carbocycles. The van der Waals surface area contributed by atoms with Gasteiger partial charge in [-0.05, 0) is 40.2 Å². The van der Waals surface area contributed by atoms with E-state index in [-0.39, 0.29) is 5.56 Å². The summed E-state index contributed by atoms with van der Waals surface area (Å²) in [5, 5.41) is 0.590. The van der Waals surface area contributed by atoms with Gasteiger partial charge in [-0.15, -0.1) is 0 Å². The second-order valence-corrected chi connectivity index (χ2v) is 5.30. The molecule has 0 fully saturated rings. The van der Waals surface area contributed by atoms with Crippen LogP contribution in [0.3, 0.4) is 0 Å². The maximum Gasteiger partial charge on any atom is 0.265 e. The van der Waals surface area contributed by atoms with Gasteiger partial charge in [0.25, 0.3) is 5.56 Å². The molecule has 0 unspecified atom stereocenters. The molecule has 2 N–H and O–H groups in total. The first kappa shape index (κ1) is 14.0. The van der Waals surface area contributed by atoms with E-state index in [1.165, 1.54) is 4.57 Å². The number of nitrogen functional groups attached to an aromatic ring is 1. The first-order valence-corrected chi connectivity index (χ1v) is 6.66. The lowest BCUT2D eigenvalue weighted by Crippen LogP contribution is -2.21. The van der Waals surface area contributed by atoms with Crippen molar-refractivity contribution >= 4 is 33.2 Å². The number of nitrogens with zero attached hydrogens (tertiary/aromatic N) is 1. The number of hydrogen-bond donors (Lipinski definition) is 1. The van der Waals surface area contributed by atoms with E-state index in [2.05, 4.69) is 15.9 Å². The van der Waals surface area contributed by atoms with Crippen LogP contribution in [0.4, 0.5) is 5.69 Å². The van der Waals surface area contributed by atoms with Crippen LogP contribution < -0.4 is 16.0 Å². The fourth-order valence-electron chi connectivity index (χ4n) is 1.79. The largest absolute Gasteiger partial charge is 0.496 e. The monoisotopic (exact) mass is 342 g/mol. The highest BCUT2D eigenvalue weighted by Crippen LogP contribution is 2.23. The van der Waals surface area contributed by atoms with Crippen LogP contribution in [-0.4, -0.2) is 11.7 Å². The van der Waals surface area contributed by atoms with Crippen LogP contribution in [0.5, 0.6) is 5.75 Å². The summed E-state index contributed by atoms with van der Waals surface area (Å²) in [5.41, 5.74) is 6.90. The van der Waals surface area contributed by atoms with E-state index in [1.54, 1.807) is 37.6 Å². The zero-order chi connectivity index (χ0) is 14.0. The Morgan fingerprint density at radius 2 is 2.16 bits per heavy atom. The van der Waals surface area contributed by atoms with Crippen molar-refractivity contribution in [2.45, 2.75) is 6.54 Å². The lowest BCUT2D eigenvalue weighted by Gasteiger charge is -2.11. The third-order valence-corrected chi connectivity index (χ3v) is 3.45. The number of anilines is 1.